The molecule has 0 atom stereocenters. The maximum Gasteiger partial charge on any atom is 0.225 e. The van der Waals surface area contributed by atoms with Gasteiger partial charge in [0.05, 0.1) is 5.69 Å². The Kier molecular flexibility index (Phi) is 6.08. The Bertz CT molecular complexity index is 848. The van der Waals surface area contributed by atoms with Gasteiger partial charge < -0.3 is 10.2 Å². The molecule has 26 heavy (non-hydrogen) atoms. The van der Waals surface area contributed by atoms with Gasteiger partial charge in [0.25, 0.3) is 0 Å². The van der Waals surface area contributed by atoms with Gasteiger partial charge in [-0.3, -0.25) is 0 Å². The van der Waals surface area contributed by atoms with Crippen LogP contribution in [-0.4, -0.2) is 23.1 Å². The summed E-state index contributed by atoms with van der Waals surface area (Å²) in [6, 6.07) is 20.0. The van der Waals surface area contributed by atoms with Crippen LogP contribution in [0, 0.1) is 0 Å². The van der Waals surface area contributed by atoms with E-state index in [1.54, 1.807) is 0 Å². The summed E-state index contributed by atoms with van der Waals surface area (Å²) in [5.74, 6) is 1.53. The van der Waals surface area contributed by atoms with Crippen LogP contribution in [0.2, 0.25) is 5.02 Å². The molecule has 3 aromatic rings. The maximum absolute atomic E-state index is 6.26. The second-order valence-corrected chi connectivity index (χ2v) is 6.33. The van der Waals surface area contributed by atoms with Crippen molar-refractivity contribution in [2.75, 3.05) is 23.3 Å². The van der Waals surface area contributed by atoms with Gasteiger partial charge in [-0.25, -0.2) is 4.98 Å². The SMILES string of the molecule is CCN(CC)c1cc(-c2ccccc2)nc(NCc2ccccc2Cl)n1. The zero-order chi connectivity index (χ0) is 18.4. The first-order valence-corrected chi connectivity index (χ1v) is 9.25. The molecule has 0 aliphatic carbocycles. The topological polar surface area (TPSA) is 41.1 Å². The zero-order valence-electron chi connectivity index (χ0n) is 15.1. The molecule has 0 fully saturated rings. The Morgan fingerprint density at radius 2 is 1.62 bits per heavy atom. The average molecular weight is 367 g/mol. The van der Waals surface area contributed by atoms with Crippen molar-refractivity contribution in [2.24, 2.45) is 0 Å². The quantitative estimate of drug-likeness (QED) is 0.619. The van der Waals surface area contributed by atoms with Crippen LogP contribution in [0.5, 0.6) is 0 Å². The highest BCUT2D eigenvalue weighted by molar-refractivity contribution is 6.31. The van der Waals surface area contributed by atoms with Gasteiger partial charge in [0, 0.05) is 36.3 Å². The Hall–Kier alpha value is -2.59. The molecule has 3 rings (SSSR count). The van der Waals surface area contributed by atoms with Crippen LogP contribution < -0.4 is 10.2 Å². The van der Waals surface area contributed by atoms with Gasteiger partial charge in [-0.05, 0) is 25.5 Å². The van der Waals surface area contributed by atoms with E-state index in [2.05, 4.69) is 36.2 Å². The van der Waals surface area contributed by atoms with Crippen molar-refractivity contribution in [3.63, 3.8) is 0 Å². The molecule has 1 N–H and O–H groups in total. The fourth-order valence-corrected chi connectivity index (χ4v) is 3.00. The molecule has 0 saturated heterocycles. The minimum absolute atomic E-state index is 0.579. The number of hydrogen-bond donors (Lipinski definition) is 1. The van der Waals surface area contributed by atoms with Crippen LogP contribution >= 0.6 is 11.6 Å². The van der Waals surface area contributed by atoms with E-state index in [1.165, 1.54) is 0 Å². The summed E-state index contributed by atoms with van der Waals surface area (Å²) >= 11 is 6.26. The minimum atomic E-state index is 0.579. The van der Waals surface area contributed by atoms with Gasteiger partial charge in [0.1, 0.15) is 5.82 Å². The van der Waals surface area contributed by atoms with Crippen LogP contribution in [-0.2, 0) is 6.54 Å². The Morgan fingerprint density at radius 3 is 2.31 bits per heavy atom. The molecule has 2 aromatic carbocycles. The van der Waals surface area contributed by atoms with Crippen LogP contribution in [0.1, 0.15) is 19.4 Å². The van der Waals surface area contributed by atoms with Crippen molar-refractivity contribution < 1.29 is 0 Å². The molecule has 0 spiro atoms. The Morgan fingerprint density at radius 1 is 0.923 bits per heavy atom. The first-order chi connectivity index (χ1) is 12.7. The lowest BCUT2D eigenvalue weighted by Crippen LogP contribution is -2.23. The third-order valence-corrected chi connectivity index (χ3v) is 4.63. The van der Waals surface area contributed by atoms with Gasteiger partial charge in [-0.15, -0.1) is 0 Å². The smallest absolute Gasteiger partial charge is 0.225 e. The molecule has 0 unspecified atom stereocenters. The molecule has 1 aromatic heterocycles. The molecule has 5 heteroatoms. The predicted octanol–water partition coefficient (Wildman–Crippen LogP) is 5.26. The van der Waals surface area contributed by atoms with Gasteiger partial charge in [0.15, 0.2) is 0 Å². The van der Waals surface area contributed by atoms with Crippen molar-refractivity contribution in [3.8, 4) is 11.3 Å². The van der Waals surface area contributed by atoms with Gasteiger partial charge in [-0.1, -0.05) is 60.1 Å². The van der Waals surface area contributed by atoms with Gasteiger partial charge in [-0.2, -0.15) is 4.98 Å². The summed E-state index contributed by atoms with van der Waals surface area (Å²) < 4.78 is 0. The number of nitrogens with one attached hydrogen (secondary N) is 1. The van der Waals surface area contributed by atoms with Crippen molar-refractivity contribution >= 4 is 23.4 Å². The molecular formula is C21H23ClN4. The lowest BCUT2D eigenvalue weighted by atomic mass is 10.1. The molecule has 0 bridgehead atoms. The molecule has 134 valence electrons. The third-order valence-electron chi connectivity index (χ3n) is 4.26. The molecule has 0 amide bonds. The molecular weight excluding hydrogens is 344 g/mol. The van der Waals surface area contributed by atoms with E-state index < -0.39 is 0 Å². The third kappa shape index (κ3) is 4.33. The summed E-state index contributed by atoms with van der Waals surface area (Å²) in [5.41, 5.74) is 3.00. The monoisotopic (exact) mass is 366 g/mol. The minimum Gasteiger partial charge on any atom is -0.357 e. The summed E-state index contributed by atoms with van der Waals surface area (Å²) in [4.78, 5) is 11.6. The molecule has 0 aliphatic rings. The zero-order valence-corrected chi connectivity index (χ0v) is 15.9. The molecule has 4 nitrogen and oxygen atoms in total. The molecule has 0 radical (unpaired) electrons. The highest BCUT2D eigenvalue weighted by Crippen LogP contribution is 2.24. The van der Waals surface area contributed by atoms with Crippen molar-refractivity contribution in [2.45, 2.75) is 20.4 Å². The second kappa shape index (κ2) is 8.68. The van der Waals surface area contributed by atoms with E-state index in [0.29, 0.717) is 12.5 Å². The molecule has 0 saturated carbocycles. The fourth-order valence-electron chi connectivity index (χ4n) is 2.80. The summed E-state index contributed by atoms with van der Waals surface area (Å²) in [6.07, 6.45) is 0. The number of nitrogens with zero attached hydrogens (tertiary/aromatic N) is 3. The van der Waals surface area contributed by atoms with Crippen LogP contribution in [0.3, 0.4) is 0 Å². The van der Waals surface area contributed by atoms with Crippen molar-refractivity contribution in [1.29, 1.82) is 0 Å². The second-order valence-electron chi connectivity index (χ2n) is 5.92. The summed E-state index contributed by atoms with van der Waals surface area (Å²) in [6.45, 7) is 6.63. The van der Waals surface area contributed by atoms with E-state index in [4.69, 9.17) is 21.6 Å². The van der Waals surface area contributed by atoms with Crippen LogP contribution in [0.25, 0.3) is 11.3 Å². The Labute approximate surface area is 159 Å². The van der Waals surface area contributed by atoms with Crippen molar-refractivity contribution in [1.82, 2.24) is 9.97 Å². The normalized spacial score (nSPS) is 10.6. The van der Waals surface area contributed by atoms with Gasteiger partial charge in [0.2, 0.25) is 5.95 Å². The van der Waals surface area contributed by atoms with E-state index in [0.717, 1.165) is 40.8 Å². The number of hydrogen-bond acceptors (Lipinski definition) is 4. The first-order valence-electron chi connectivity index (χ1n) is 8.88. The number of anilines is 2. The number of halogens is 1. The van der Waals surface area contributed by atoms with Crippen LogP contribution in [0.15, 0.2) is 60.7 Å². The molecule has 0 aliphatic heterocycles. The number of aromatic nitrogens is 2. The van der Waals surface area contributed by atoms with E-state index in [-0.39, 0.29) is 0 Å². The highest BCUT2D eigenvalue weighted by Gasteiger charge is 2.11. The van der Waals surface area contributed by atoms with E-state index in [9.17, 15) is 0 Å². The largest absolute Gasteiger partial charge is 0.357 e. The average Bonchev–Trinajstić information content (AvgIpc) is 2.69. The standard InChI is InChI=1S/C21H23ClN4/c1-3-26(4-2)20-14-19(16-10-6-5-7-11-16)24-21(25-20)23-15-17-12-8-9-13-18(17)22/h5-14H,3-4,15H2,1-2H3,(H,23,24,25). The molecule has 1 heterocycles. The number of rotatable bonds is 7. The highest BCUT2D eigenvalue weighted by atomic mass is 35.5. The van der Waals surface area contributed by atoms with E-state index in [1.807, 2.05) is 48.5 Å². The van der Waals surface area contributed by atoms with Crippen LogP contribution in [0.4, 0.5) is 11.8 Å². The predicted molar refractivity (Wildman–Crippen MR) is 110 cm³/mol. The lowest BCUT2D eigenvalue weighted by Gasteiger charge is -2.21. The van der Waals surface area contributed by atoms with Gasteiger partial charge >= 0.3 is 0 Å². The van der Waals surface area contributed by atoms with Crippen molar-refractivity contribution in [3.05, 3.63) is 71.2 Å². The maximum atomic E-state index is 6.26. The summed E-state index contributed by atoms with van der Waals surface area (Å²) in [7, 11) is 0. The number of benzene rings is 2. The lowest BCUT2D eigenvalue weighted by molar-refractivity contribution is 0.841. The first kappa shape index (κ1) is 18.2. The Balaban J connectivity index is 1.93. The summed E-state index contributed by atoms with van der Waals surface area (Å²) in [5, 5.41) is 4.06. The van der Waals surface area contributed by atoms with E-state index >= 15 is 0 Å². The fraction of sp³-hybridized carbons (Fsp3) is 0.238.